The minimum Gasteiger partial charge on any atom is -0.461 e. The van der Waals surface area contributed by atoms with Crippen LogP contribution >= 0.6 is 0 Å². The third-order valence-corrected chi connectivity index (χ3v) is 16.0. The Bertz CT molecular complexity index is 2440. The molecule has 0 aromatic heterocycles. The highest BCUT2D eigenvalue weighted by molar-refractivity contribution is 5.96. The van der Waals surface area contributed by atoms with Crippen molar-refractivity contribution in [3.63, 3.8) is 0 Å². The predicted molar refractivity (Wildman–Crippen MR) is 318 cm³/mol. The molecule has 474 valence electrons. The summed E-state index contributed by atoms with van der Waals surface area (Å²) in [5.41, 5.74) is 7.47. The molecule has 3 saturated heterocycles. The van der Waals surface area contributed by atoms with Crippen molar-refractivity contribution in [2.24, 2.45) is 23.5 Å². The van der Waals surface area contributed by atoms with Crippen LogP contribution in [0.15, 0.2) is 109 Å². The molecule has 0 saturated carbocycles. The Morgan fingerprint density at radius 1 is 0.718 bits per heavy atom. The van der Waals surface area contributed by atoms with Gasteiger partial charge in [0.05, 0.1) is 85.5 Å². The third kappa shape index (κ3) is 23.9. The zero-order chi connectivity index (χ0) is 62.2. The number of likely N-dealkylation sites (tertiary alicyclic amines) is 1. The summed E-state index contributed by atoms with van der Waals surface area (Å²) in [6.07, 6.45) is 6.33. The van der Waals surface area contributed by atoms with Crippen molar-refractivity contribution in [2.45, 2.75) is 215 Å². The van der Waals surface area contributed by atoms with Gasteiger partial charge >= 0.3 is 5.97 Å². The van der Waals surface area contributed by atoms with Crippen LogP contribution in [-0.2, 0) is 33.3 Å². The number of piperidine rings is 1. The second-order valence-corrected chi connectivity index (χ2v) is 23.5. The van der Waals surface area contributed by atoms with Gasteiger partial charge in [0.15, 0.2) is 17.9 Å². The van der Waals surface area contributed by atoms with E-state index in [9.17, 15) is 70.2 Å². The summed E-state index contributed by atoms with van der Waals surface area (Å²) in [4.78, 5) is 55.3. The number of ketones is 2. The van der Waals surface area contributed by atoms with Gasteiger partial charge in [0.1, 0.15) is 18.0 Å². The highest BCUT2D eigenvalue weighted by atomic mass is 16.7. The molecule has 2 bridgehead atoms. The monoisotopic (exact) mass is 1190 g/mol. The number of cyclic esters (lactones) is 1. The first-order valence-electron chi connectivity index (χ1n) is 30.0. The lowest BCUT2D eigenvalue weighted by Crippen LogP contribution is -2.62. The van der Waals surface area contributed by atoms with Crippen molar-refractivity contribution >= 4 is 29.1 Å². The van der Waals surface area contributed by atoms with Crippen molar-refractivity contribution in [3.05, 3.63) is 115 Å². The van der Waals surface area contributed by atoms with Crippen molar-refractivity contribution in [2.75, 3.05) is 25.5 Å². The molecule has 19 atom stereocenters. The van der Waals surface area contributed by atoms with E-state index < -0.39 is 160 Å². The minimum atomic E-state index is -2.25. The number of carbonyl (C=O) groups is 4. The number of fused-ring (bicyclic) bond motifs is 2. The highest BCUT2D eigenvalue weighted by Gasteiger charge is 2.52. The lowest BCUT2D eigenvalue weighted by Gasteiger charge is -2.47. The molecule has 21 nitrogen and oxygen atoms in total. The fourth-order valence-corrected chi connectivity index (χ4v) is 11.4. The van der Waals surface area contributed by atoms with Gasteiger partial charge < -0.3 is 86.0 Å². The summed E-state index contributed by atoms with van der Waals surface area (Å²) in [5.74, 6) is -6.14. The molecule has 0 radical (unpaired) electrons. The maximum Gasteiger partial charge on any atom is 0.308 e. The number of nitrogens with one attached hydrogen (secondary N) is 1. The Morgan fingerprint density at radius 3 is 1.89 bits per heavy atom. The topological polar surface area (TPSA) is 349 Å². The van der Waals surface area contributed by atoms with Crippen LogP contribution in [0.25, 0.3) is 0 Å². The number of ether oxygens (including phenoxy) is 4. The average Bonchev–Trinajstić information content (AvgIpc) is 1.91. The molecule has 1 aromatic carbocycles. The Kier molecular flexibility index (Phi) is 29.7. The summed E-state index contributed by atoms with van der Waals surface area (Å²) >= 11 is 0. The molecule has 14 unspecified atom stereocenters. The SMILES string of the molecule is CNc1ccc(C(=O)CC(O)CCC(C)C2OC(=O)CC(O)CC(=O)CC(O)CC(O)CC(O)CC(O)CC3(O)CC(O)C(C(=O)N4CCCCC4)C(CC(O[C@@H]4O[C@H](C)[C@@H](O)[C@H](N)[C@@H]4O)/C=C/C=C/C=C/C=C/C=C/C=C/C=C/C2C)O3)cc1. The highest BCUT2D eigenvalue weighted by Crippen LogP contribution is 2.39. The normalized spacial score (nSPS) is 37.6. The molecule has 0 aliphatic carbocycles. The van der Waals surface area contributed by atoms with Crippen molar-refractivity contribution < 1.29 is 89.2 Å². The van der Waals surface area contributed by atoms with Crippen LogP contribution in [-0.4, -0.2) is 197 Å². The predicted octanol–water partition coefficient (Wildman–Crippen LogP) is 3.67. The zero-order valence-corrected chi connectivity index (χ0v) is 49.6. The lowest BCUT2D eigenvalue weighted by atomic mass is 9.81. The Balaban J connectivity index is 1.35. The number of aliphatic hydroxyl groups is 10. The molecule has 5 rings (SSSR count). The molecular weight excluding hydrogens is 1100 g/mol. The molecule has 4 aliphatic heterocycles. The van der Waals surface area contributed by atoms with Crippen LogP contribution in [0.2, 0.25) is 0 Å². The number of amides is 1. The minimum absolute atomic E-state index is 0.100. The van der Waals surface area contributed by atoms with Gasteiger partial charge in [-0.25, -0.2) is 0 Å². The van der Waals surface area contributed by atoms with E-state index in [2.05, 4.69) is 5.32 Å². The van der Waals surface area contributed by atoms with E-state index in [0.29, 0.717) is 25.1 Å². The van der Waals surface area contributed by atoms with E-state index in [4.69, 9.17) is 24.7 Å². The van der Waals surface area contributed by atoms with Gasteiger partial charge in [0.2, 0.25) is 5.91 Å². The fourth-order valence-electron chi connectivity index (χ4n) is 11.4. The first-order chi connectivity index (χ1) is 40.4. The Hall–Kier alpha value is -5.08. The van der Waals surface area contributed by atoms with E-state index in [1.165, 1.54) is 0 Å². The van der Waals surface area contributed by atoms with Crippen LogP contribution in [0.4, 0.5) is 5.69 Å². The molecule has 85 heavy (non-hydrogen) atoms. The lowest BCUT2D eigenvalue weighted by molar-refractivity contribution is -0.308. The van der Waals surface area contributed by atoms with E-state index in [0.717, 1.165) is 24.9 Å². The number of rotatable bonds is 11. The molecule has 4 aliphatic rings. The summed E-state index contributed by atoms with van der Waals surface area (Å²) in [5, 5.41) is 114. The molecule has 13 N–H and O–H groups in total. The van der Waals surface area contributed by atoms with Gasteiger partial charge in [-0.15, -0.1) is 0 Å². The standard InChI is InChI=1S/C64H95N3O18/c1-40-20-16-13-11-9-7-5-6-8-10-12-14-17-21-52(83-63-60(79)58(65)59(78)42(3)82-63)37-55-57(62(80)67-28-18-15-19-29-67)54(76)39-64(81,85-55)38-51(74)34-49(72)32-47(70)30-46(69)31-48(71)33-50(73)36-56(77)84-61(40)41(2)22-27-45(68)35-53(75)43-23-25-44(66-4)26-24-43/h5-14,16-17,20-21,23-26,40-42,45-47,49-52,54-55,57-61,63,66,68-70,72-74,76,78-79,81H,15,18-19,22,27-39,65H2,1-4H3/b6-5+,9-7+,10-8+,13-11+,14-12+,20-16+,21-17+/t40?,41?,42-,45?,46?,47?,49?,50?,51?,52?,54?,55?,57?,58+,59-,60+,61?,63+,64?/m1/s1. The second-order valence-electron chi connectivity index (χ2n) is 23.5. The number of allylic oxidation sites excluding steroid dienone is 12. The number of benzene rings is 1. The molecule has 4 heterocycles. The number of nitrogens with zero attached hydrogens (tertiary/aromatic N) is 1. The number of hydrogen-bond acceptors (Lipinski definition) is 20. The number of esters is 1. The Labute approximate surface area is 499 Å². The van der Waals surface area contributed by atoms with Crippen molar-refractivity contribution in [3.8, 4) is 0 Å². The third-order valence-electron chi connectivity index (χ3n) is 16.0. The first-order valence-corrected chi connectivity index (χ1v) is 30.0. The van der Waals surface area contributed by atoms with Gasteiger partial charge in [-0.1, -0.05) is 98.9 Å². The molecular formula is C64H95N3O18. The van der Waals surface area contributed by atoms with Gasteiger partial charge in [0, 0.05) is 75.8 Å². The van der Waals surface area contributed by atoms with Crippen molar-refractivity contribution in [1.29, 1.82) is 0 Å². The van der Waals surface area contributed by atoms with Crippen LogP contribution in [0.3, 0.4) is 0 Å². The average molecular weight is 1190 g/mol. The number of hydrogen-bond donors (Lipinski definition) is 12. The zero-order valence-electron chi connectivity index (χ0n) is 49.6. The number of nitrogens with two attached hydrogens (primary N) is 1. The molecule has 21 heteroatoms. The quantitative estimate of drug-likeness (QED) is 0.111. The summed E-state index contributed by atoms with van der Waals surface area (Å²) in [6, 6.07) is 5.80. The van der Waals surface area contributed by atoms with Gasteiger partial charge in [-0.3, -0.25) is 19.2 Å². The van der Waals surface area contributed by atoms with Crippen LogP contribution < -0.4 is 11.1 Å². The number of carbonyl (C=O) groups excluding carboxylic acids is 4. The van der Waals surface area contributed by atoms with Gasteiger partial charge in [0.25, 0.3) is 0 Å². The van der Waals surface area contributed by atoms with Gasteiger partial charge in [-0.2, -0.15) is 0 Å². The van der Waals surface area contributed by atoms with Crippen molar-refractivity contribution in [1.82, 2.24) is 4.90 Å². The number of anilines is 1. The van der Waals surface area contributed by atoms with E-state index >= 15 is 0 Å². The molecule has 1 amide bonds. The number of Topliss-reactive ketones (excluding diaryl/α,β-unsaturated/α-hetero) is 2. The largest absolute Gasteiger partial charge is 0.461 e. The second kappa shape index (κ2) is 35.7. The van der Waals surface area contributed by atoms with Gasteiger partial charge in [-0.05, 0) is 88.5 Å². The van der Waals surface area contributed by atoms with Crippen LogP contribution in [0.1, 0.15) is 127 Å². The van der Waals surface area contributed by atoms with E-state index in [1.54, 1.807) is 104 Å². The fraction of sp³-hybridized carbons (Fsp3) is 0.625. The first kappa shape index (κ1) is 70.7. The van der Waals surface area contributed by atoms with Crippen LogP contribution in [0.5, 0.6) is 0 Å². The van der Waals surface area contributed by atoms with Crippen LogP contribution in [0, 0.1) is 17.8 Å². The maximum absolute atomic E-state index is 14.3. The summed E-state index contributed by atoms with van der Waals surface area (Å²) in [7, 11) is 1.77. The van der Waals surface area contributed by atoms with E-state index in [-0.39, 0.29) is 49.7 Å². The Morgan fingerprint density at radius 2 is 1.28 bits per heavy atom. The molecule has 0 spiro atoms. The molecule has 3 fully saturated rings. The number of aliphatic hydroxyl groups excluding tert-OH is 9. The van der Waals surface area contributed by atoms with E-state index in [1.807, 2.05) is 38.2 Å². The molecule has 1 aromatic rings. The summed E-state index contributed by atoms with van der Waals surface area (Å²) < 4.78 is 24.4. The smallest absolute Gasteiger partial charge is 0.308 e. The summed E-state index contributed by atoms with van der Waals surface area (Å²) in [6.45, 7) is 6.19. The maximum atomic E-state index is 14.3.